The van der Waals surface area contributed by atoms with Crippen molar-refractivity contribution in [2.45, 2.75) is 52.4 Å². The Balaban J connectivity index is 2.06. The molecule has 0 bridgehead atoms. The first kappa shape index (κ1) is 20.3. The summed E-state index contributed by atoms with van der Waals surface area (Å²) in [4.78, 5) is 2.33. The Morgan fingerprint density at radius 2 is 0.786 bits per heavy atom. The molecule has 0 unspecified atom stereocenters. The van der Waals surface area contributed by atoms with E-state index < -0.39 is 0 Å². The molecule has 3 aromatic carbocycles. The van der Waals surface area contributed by atoms with E-state index in [0.717, 1.165) is 0 Å². The molecule has 0 aliphatic rings. The van der Waals surface area contributed by atoms with Crippen molar-refractivity contribution in [3.8, 4) is 0 Å². The van der Waals surface area contributed by atoms with Crippen molar-refractivity contribution in [3.63, 3.8) is 0 Å². The van der Waals surface area contributed by atoms with Crippen LogP contribution < -0.4 is 10.4 Å². The number of rotatable bonds is 3. The minimum Gasteiger partial charge on any atom is -0.311 e. The molecule has 0 heterocycles. The fraction of sp³-hybridized carbons (Fsp3) is 0.308. The lowest BCUT2D eigenvalue weighted by Crippen LogP contribution is -2.15. The molecule has 3 aromatic rings. The fourth-order valence-corrected chi connectivity index (χ4v) is 3.36. The van der Waals surface area contributed by atoms with Crippen molar-refractivity contribution in [1.82, 2.24) is 0 Å². The van der Waals surface area contributed by atoms with Crippen LogP contribution in [-0.2, 0) is 10.8 Å². The predicted octanol–water partition coefficient (Wildman–Crippen LogP) is 6.01. The molecule has 0 radical (unpaired) electrons. The molecule has 2 heteroatoms. The number of anilines is 3. The first-order chi connectivity index (χ1) is 13.1. The maximum atomic E-state index is 2.33. The van der Waals surface area contributed by atoms with E-state index in [1.165, 1.54) is 33.7 Å². The maximum Gasteiger partial charge on any atom is 0.139 e. The molecule has 0 atom stereocenters. The first-order valence-corrected chi connectivity index (χ1v) is 10.1. The molecule has 144 valence electrons. The first-order valence-electron chi connectivity index (χ1n) is 10.1. The quantitative estimate of drug-likeness (QED) is 0.511. The van der Waals surface area contributed by atoms with Crippen LogP contribution in [-0.4, -0.2) is 7.85 Å². The second kappa shape index (κ2) is 7.51. The van der Waals surface area contributed by atoms with E-state index in [-0.39, 0.29) is 10.8 Å². The standard InChI is InChI=1S/C26H32BN/c1-25(2,3)19-7-13-22(14-8-19)28(24-17-11-21(27)12-18-24)23-15-9-20(10-16-23)26(4,5)6/h7-18H,27H2,1-6H3. The van der Waals surface area contributed by atoms with Crippen LogP contribution in [0.2, 0.25) is 0 Å². The molecule has 0 aromatic heterocycles. The van der Waals surface area contributed by atoms with Gasteiger partial charge >= 0.3 is 0 Å². The lowest BCUT2D eigenvalue weighted by Gasteiger charge is -2.28. The average Bonchev–Trinajstić information content (AvgIpc) is 2.63. The van der Waals surface area contributed by atoms with Crippen molar-refractivity contribution in [3.05, 3.63) is 83.9 Å². The van der Waals surface area contributed by atoms with Crippen LogP contribution in [0.25, 0.3) is 0 Å². The normalized spacial score (nSPS) is 12.1. The van der Waals surface area contributed by atoms with Crippen molar-refractivity contribution in [2.75, 3.05) is 4.90 Å². The van der Waals surface area contributed by atoms with E-state index in [0.29, 0.717) is 0 Å². The van der Waals surface area contributed by atoms with Crippen LogP contribution >= 0.6 is 0 Å². The predicted molar refractivity (Wildman–Crippen MR) is 127 cm³/mol. The summed E-state index contributed by atoms with van der Waals surface area (Å²) in [6.07, 6.45) is 0. The van der Waals surface area contributed by atoms with E-state index in [9.17, 15) is 0 Å². The molecule has 3 rings (SSSR count). The Morgan fingerprint density at radius 3 is 1.07 bits per heavy atom. The average molecular weight is 369 g/mol. The van der Waals surface area contributed by atoms with Crippen molar-refractivity contribution in [2.24, 2.45) is 0 Å². The highest BCUT2D eigenvalue weighted by atomic mass is 15.1. The van der Waals surface area contributed by atoms with Crippen LogP contribution in [0.4, 0.5) is 17.1 Å². The van der Waals surface area contributed by atoms with Crippen LogP contribution in [0.5, 0.6) is 0 Å². The van der Waals surface area contributed by atoms with Crippen LogP contribution in [0.15, 0.2) is 72.8 Å². The van der Waals surface area contributed by atoms with E-state index in [4.69, 9.17) is 0 Å². The van der Waals surface area contributed by atoms with Gasteiger partial charge in [-0.2, -0.15) is 0 Å². The highest BCUT2D eigenvalue weighted by Crippen LogP contribution is 2.36. The highest BCUT2D eigenvalue weighted by Gasteiger charge is 2.18. The largest absolute Gasteiger partial charge is 0.311 e. The molecule has 28 heavy (non-hydrogen) atoms. The molecule has 0 saturated heterocycles. The molecule has 0 aliphatic carbocycles. The smallest absolute Gasteiger partial charge is 0.139 e. The Morgan fingerprint density at radius 1 is 0.500 bits per heavy atom. The van der Waals surface area contributed by atoms with E-state index in [1.54, 1.807) is 0 Å². The summed E-state index contributed by atoms with van der Waals surface area (Å²) in [5.41, 5.74) is 7.82. The van der Waals surface area contributed by atoms with Gasteiger partial charge in [-0.1, -0.05) is 83.4 Å². The Hall–Kier alpha value is -2.48. The van der Waals surface area contributed by atoms with Gasteiger partial charge in [0.2, 0.25) is 0 Å². The van der Waals surface area contributed by atoms with Gasteiger partial charge in [-0.15, -0.1) is 0 Å². The summed E-state index contributed by atoms with van der Waals surface area (Å²) in [5, 5.41) is 0. The third kappa shape index (κ3) is 4.50. The third-order valence-corrected chi connectivity index (χ3v) is 5.28. The maximum absolute atomic E-state index is 2.33. The zero-order valence-electron chi connectivity index (χ0n) is 18.4. The van der Waals surface area contributed by atoms with Crippen LogP contribution in [0.1, 0.15) is 52.7 Å². The van der Waals surface area contributed by atoms with Gasteiger partial charge in [-0.25, -0.2) is 0 Å². The number of hydrogen-bond donors (Lipinski definition) is 0. The Bertz CT molecular complexity index is 851. The summed E-state index contributed by atoms with van der Waals surface area (Å²) in [6, 6.07) is 26.7. The molecular weight excluding hydrogens is 337 g/mol. The summed E-state index contributed by atoms with van der Waals surface area (Å²) >= 11 is 0. The van der Waals surface area contributed by atoms with Crippen LogP contribution in [0, 0.1) is 0 Å². The number of hydrogen-bond acceptors (Lipinski definition) is 1. The third-order valence-electron chi connectivity index (χ3n) is 5.28. The monoisotopic (exact) mass is 369 g/mol. The van der Waals surface area contributed by atoms with Gasteiger partial charge in [0, 0.05) is 17.1 Å². The zero-order valence-corrected chi connectivity index (χ0v) is 18.4. The summed E-state index contributed by atoms with van der Waals surface area (Å²) in [5.74, 6) is 0. The van der Waals surface area contributed by atoms with Gasteiger partial charge in [0.1, 0.15) is 7.85 Å². The molecule has 0 spiro atoms. The molecule has 1 nitrogen and oxygen atoms in total. The molecule has 0 amide bonds. The molecule has 0 aliphatic heterocycles. The second-order valence-corrected chi connectivity index (χ2v) is 9.76. The summed E-state index contributed by atoms with van der Waals surface area (Å²) < 4.78 is 0. The van der Waals surface area contributed by atoms with Gasteiger partial charge in [-0.05, 0) is 58.4 Å². The number of benzene rings is 3. The lowest BCUT2D eigenvalue weighted by atomic mass is 9.86. The highest BCUT2D eigenvalue weighted by molar-refractivity contribution is 6.32. The minimum absolute atomic E-state index is 0.154. The molecule has 0 fully saturated rings. The van der Waals surface area contributed by atoms with E-state index in [1.807, 2.05) is 0 Å². The van der Waals surface area contributed by atoms with Crippen molar-refractivity contribution >= 4 is 30.4 Å². The van der Waals surface area contributed by atoms with Gasteiger partial charge in [0.25, 0.3) is 0 Å². The van der Waals surface area contributed by atoms with Gasteiger partial charge in [0.15, 0.2) is 0 Å². The lowest BCUT2D eigenvalue weighted by molar-refractivity contribution is 0.590. The Labute approximate surface area is 171 Å². The summed E-state index contributed by atoms with van der Waals surface area (Å²) in [6.45, 7) is 13.5. The van der Waals surface area contributed by atoms with E-state index >= 15 is 0 Å². The minimum atomic E-state index is 0.154. The topological polar surface area (TPSA) is 3.24 Å². The molecule has 0 N–H and O–H groups in total. The van der Waals surface area contributed by atoms with Gasteiger partial charge in [0.05, 0.1) is 0 Å². The number of nitrogens with zero attached hydrogens (tertiary/aromatic N) is 1. The van der Waals surface area contributed by atoms with E-state index in [2.05, 4.69) is 127 Å². The molecule has 0 saturated carbocycles. The molecular formula is C26H32BN. The second-order valence-electron chi connectivity index (χ2n) is 9.76. The zero-order chi connectivity index (χ0) is 20.5. The van der Waals surface area contributed by atoms with Crippen molar-refractivity contribution < 1.29 is 0 Å². The van der Waals surface area contributed by atoms with Gasteiger partial charge in [-0.3, -0.25) is 0 Å². The van der Waals surface area contributed by atoms with Gasteiger partial charge < -0.3 is 4.90 Å². The fourth-order valence-electron chi connectivity index (χ4n) is 3.36. The Kier molecular flexibility index (Phi) is 5.43. The SMILES string of the molecule is Bc1ccc(N(c2ccc(C(C)(C)C)cc2)c2ccc(C(C)(C)C)cc2)cc1. The van der Waals surface area contributed by atoms with Crippen molar-refractivity contribution in [1.29, 1.82) is 0 Å². The van der Waals surface area contributed by atoms with Crippen LogP contribution in [0.3, 0.4) is 0 Å². The summed E-state index contributed by atoms with van der Waals surface area (Å²) in [7, 11) is 2.13.